The molecular weight excluding hydrogens is 384 g/mol. The van der Waals surface area contributed by atoms with E-state index in [2.05, 4.69) is 4.98 Å². The van der Waals surface area contributed by atoms with Gasteiger partial charge in [-0.05, 0) is 53.8 Å². The molecule has 6 fully saturated rings. The maximum atomic E-state index is 13.0. The quantitative estimate of drug-likeness (QED) is 0.672. The van der Waals surface area contributed by atoms with E-state index >= 15 is 0 Å². The number of carbonyl (C=O) groups is 1. The van der Waals surface area contributed by atoms with E-state index in [0.29, 0.717) is 59.8 Å². The van der Waals surface area contributed by atoms with Crippen molar-refractivity contribution in [2.75, 3.05) is 0 Å². The second kappa shape index (κ2) is 4.81. The van der Waals surface area contributed by atoms with Crippen LogP contribution in [-0.2, 0) is 23.3 Å². The van der Waals surface area contributed by atoms with Crippen LogP contribution in [0.1, 0.15) is 32.5 Å². The molecule has 8 rings (SSSR count). The van der Waals surface area contributed by atoms with Gasteiger partial charge in [-0.3, -0.25) is 13.9 Å². The third kappa shape index (κ3) is 1.31. The molecule has 0 spiro atoms. The van der Waals surface area contributed by atoms with Crippen LogP contribution < -0.4 is 11.2 Å². The number of carboxylic acid groups (broad SMARTS) is 1. The third-order valence-corrected chi connectivity index (χ3v) is 9.39. The molecule has 2 heterocycles. The highest BCUT2D eigenvalue weighted by atomic mass is 16.4. The summed E-state index contributed by atoms with van der Waals surface area (Å²) >= 11 is 0. The van der Waals surface area contributed by atoms with Gasteiger partial charge in [0.2, 0.25) is 0 Å². The molecule has 6 saturated carbocycles. The van der Waals surface area contributed by atoms with Gasteiger partial charge in [-0.2, -0.15) is 0 Å². The Morgan fingerprint density at radius 3 is 2.23 bits per heavy atom. The van der Waals surface area contributed by atoms with E-state index in [9.17, 15) is 14.4 Å². The number of nitrogens with one attached hydrogen (secondary N) is 1. The average Bonchev–Trinajstić information content (AvgIpc) is 3.18. The number of hydrogen-bond donors (Lipinski definition) is 2. The second-order valence-electron chi connectivity index (χ2n) is 9.93. The largest absolute Gasteiger partial charge is 0.478 e. The highest BCUT2D eigenvalue weighted by Gasteiger charge is 3.09. The fourth-order valence-electron chi connectivity index (χ4n) is 8.85. The number of carboxylic acids is 1. The van der Waals surface area contributed by atoms with Crippen molar-refractivity contribution >= 4 is 17.1 Å². The summed E-state index contributed by atoms with van der Waals surface area (Å²) in [7, 11) is 0. The normalized spacial score (nSPS) is 42.9. The molecule has 0 unspecified atom stereocenters. The number of H-pyrrole nitrogens is 1. The fourth-order valence-corrected chi connectivity index (χ4v) is 8.85. The van der Waals surface area contributed by atoms with E-state index in [1.807, 2.05) is 19.9 Å². The van der Waals surface area contributed by atoms with Gasteiger partial charge in [0.1, 0.15) is 11.3 Å². The SMILES string of the molecule is CCCn1c(=O)c2[nH]c(C34C5C6C3C3C4C5C63/C=C/C(=O)O)nc2n(CCC)c1=O. The smallest absolute Gasteiger partial charge is 0.332 e. The van der Waals surface area contributed by atoms with E-state index in [4.69, 9.17) is 10.1 Å². The first-order valence-electron chi connectivity index (χ1n) is 11.1. The first-order valence-corrected chi connectivity index (χ1v) is 11.1. The molecule has 0 bridgehead atoms. The monoisotopic (exact) mass is 408 g/mol. The van der Waals surface area contributed by atoms with E-state index < -0.39 is 5.97 Å². The number of rotatable bonds is 7. The number of fused-ring (bicyclic) bond motifs is 1. The predicted octanol–water partition coefficient (Wildman–Crippen LogP) is 1.34. The molecule has 0 radical (unpaired) electrons. The zero-order valence-corrected chi connectivity index (χ0v) is 17.0. The Balaban J connectivity index is 1.32. The molecule has 0 aliphatic heterocycles. The van der Waals surface area contributed by atoms with Crippen molar-refractivity contribution in [1.29, 1.82) is 0 Å². The van der Waals surface area contributed by atoms with E-state index in [1.165, 1.54) is 10.6 Å². The highest BCUT2D eigenvalue weighted by molar-refractivity contribution is 5.81. The molecule has 156 valence electrons. The molecule has 8 heteroatoms. The molecule has 30 heavy (non-hydrogen) atoms. The van der Waals surface area contributed by atoms with Gasteiger partial charge in [-0.25, -0.2) is 14.6 Å². The number of nitrogens with zero attached hydrogens (tertiary/aromatic N) is 3. The lowest BCUT2D eigenvalue weighted by molar-refractivity contribution is -0.615. The molecule has 0 atom stereocenters. The summed E-state index contributed by atoms with van der Waals surface area (Å²) in [5.41, 5.74) is 0.628. The molecule has 2 aromatic rings. The van der Waals surface area contributed by atoms with Crippen LogP contribution in [0.2, 0.25) is 0 Å². The summed E-state index contributed by atoms with van der Waals surface area (Å²) < 4.78 is 3.00. The van der Waals surface area contributed by atoms with Crippen LogP contribution in [0, 0.1) is 40.9 Å². The Morgan fingerprint density at radius 1 is 1.07 bits per heavy atom. The summed E-state index contributed by atoms with van der Waals surface area (Å²) in [6.07, 6.45) is 4.81. The third-order valence-electron chi connectivity index (χ3n) is 9.39. The number of aromatic amines is 1. The Morgan fingerprint density at radius 2 is 1.67 bits per heavy atom. The Hall–Kier alpha value is -2.64. The van der Waals surface area contributed by atoms with Gasteiger partial charge in [-0.15, -0.1) is 0 Å². The van der Waals surface area contributed by atoms with Crippen molar-refractivity contribution in [3.05, 3.63) is 38.8 Å². The van der Waals surface area contributed by atoms with Crippen LogP contribution in [-0.4, -0.2) is 30.2 Å². The van der Waals surface area contributed by atoms with Crippen LogP contribution in [0.4, 0.5) is 0 Å². The zero-order chi connectivity index (χ0) is 20.7. The minimum atomic E-state index is -0.868. The van der Waals surface area contributed by atoms with Crippen LogP contribution in [0.3, 0.4) is 0 Å². The first kappa shape index (κ1) is 17.1. The lowest BCUT2D eigenvalue weighted by Crippen LogP contribution is -3.10. The van der Waals surface area contributed by atoms with E-state index in [-0.39, 0.29) is 22.1 Å². The number of aliphatic carboxylic acids is 1. The fraction of sp³-hybridized carbons (Fsp3) is 0.636. The molecule has 2 N–H and O–H groups in total. The molecule has 0 amide bonds. The van der Waals surface area contributed by atoms with Crippen molar-refractivity contribution in [2.24, 2.45) is 40.9 Å². The Labute approximate surface area is 171 Å². The minimum absolute atomic E-state index is 0.0486. The molecule has 6 aliphatic rings. The number of aromatic nitrogens is 4. The number of allylic oxidation sites excluding steroid dienone is 1. The number of aryl methyl sites for hydroxylation is 1. The molecule has 8 nitrogen and oxygen atoms in total. The lowest BCUT2D eigenvalue weighted by Gasteiger charge is -3.10. The van der Waals surface area contributed by atoms with Gasteiger partial charge in [0.15, 0.2) is 5.65 Å². The first-order chi connectivity index (χ1) is 14.5. The van der Waals surface area contributed by atoms with E-state index in [1.54, 1.807) is 4.57 Å². The summed E-state index contributed by atoms with van der Waals surface area (Å²) in [6, 6.07) is 0. The number of imidazole rings is 1. The summed E-state index contributed by atoms with van der Waals surface area (Å²) in [4.78, 5) is 45.2. The standard InChI is InChI=1S/C22H24N4O4/c1-3-7-25-17-16(18(29)26(8-4-2)20(25)30)23-19(24-17)22-13-10-14(22)12-15(22)11(13)21(10,12)6-5-9(27)28/h5-6,10-15H,3-4,7-8H2,1-2H3,(H,23,24)(H,27,28)/b6-5+. The van der Waals surface area contributed by atoms with Gasteiger partial charge in [0, 0.05) is 24.6 Å². The van der Waals surface area contributed by atoms with Crippen molar-refractivity contribution in [3.63, 3.8) is 0 Å². The van der Waals surface area contributed by atoms with Crippen molar-refractivity contribution in [2.45, 2.75) is 45.2 Å². The van der Waals surface area contributed by atoms with Gasteiger partial charge in [0.05, 0.1) is 0 Å². The van der Waals surface area contributed by atoms with Crippen molar-refractivity contribution < 1.29 is 9.90 Å². The van der Waals surface area contributed by atoms with Crippen LogP contribution in [0.5, 0.6) is 0 Å². The molecule has 2 aromatic heterocycles. The van der Waals surface area contributed by atoms with Crippen LogP contribution in [0.15, 0.2) is 21.7 Å². The molecule has 6 aliphatic carbocycles. The maximum absolute atomic E-state index is 13.0. The summed E-state index contributed by atoms with van der Waals surface area (Å²) in [5, 5.41) is 9.02. The maximum Gasteiger partial charge on any atom is 0.332 e. The van der Waals surface area contributed by atoms with Crippen LogP contribution in [0.25, 0.3) is 11.2 Å². The van der Waals surface area contributed by atoms with Gasteiger partial charge >= 0.3 is 11.7 Å². The number of hydrogen-bond acceptors (Lipinski definition) is 4. The van der Waals surface area contributed by atoms with E-state index in [0.717, 1.165) is 18.7 Å². The van der Waals surface area contributed by atoms with Crippen molar-refractivity contribution in [1.82, 2.24) is 19.1 Å². The second-order valence-corrected chi connectivity index (χ2v) is 9.93. The van der Waals surface area contributed by atoms with Gasteiger partial charge in [0.25, 0.3) is 5.56 Å². The molecule has 0 saturated heterocycles. The average molecular weight is 408 g/mol. The summed E-state index contributed by atoms with van der Waals surface area (Å²) in [5.74, 6) is 3.44. The van der Waals surface area contributed by atoms with Gasteiger partial charge in [-0.1, -0.05) is 19.9 Å². The Kier molecular flexibility index (Phi) is 2.74. The highest BCUT2D eigenvalue weighted by Crippen LogP contribution is 3.10. The topological polar surface area (TPSA) is 110 Å². The zero-order valence-electron chi connectivity index (χ0n) is 17.0. The van der Waals surface area contributed by atoms with Crippen molar-refractivity contribution in [3.8, 4) is 0 Å². The lowest BCUT2D eigenvalue weighted by atomic mass is 8.92. The predicted molar refractivity (Wildman–Crippen MR) is 107 cm³/mol. The summed E-state index contributed by atoms with van der Waals surface area (Å²) in [6.45, 7) is 4.94. The minimum Gasteiger partial charge on any atom is -0.478 e. The molecule has 0 aromatic carbocycles. The molecular formula is C22H24N4O4. The van der Waals surface area contributed by atoms with Gasteiger partial charge < -0.3 is 10.1 Å². The Bertz CT molecular complexity index is 1260. The van der Waals surface area contributed by atoms with Crippen LogP contribution >= 0.6 is 0 Å².